The molecule has 1 unspecified atom stereocenters. The van der Waals surface area contributed by atoms with Crippen LogP contribution in [0.25, 0.3) is 16.6 Å². The maximum absolute atomic E-state index is 13.7. The number of hydrogen-bond acceptors (Lipinski definition) is 3. The van der Waals surface area contributed by atoms with Gasteiger partial charge in [0.15, 0.2) is 0 Å². The van der Waals surface area contributed by atoms with Crippen molar-refractivity contribution in [3.63, 3.8) is 0 Å². The lowest BCUT2D eigenvalue weighted by atomic mass is 9.84. The van der Waals surface area contributed by atoms with Gasteiger partial charge < -0.3 is 4.90 Å². The van der Waals surface area contributed by atoms with Gasteiger partial charge in [-0.1, -0.05) is 54.8 Å². The van der Waals surface area contributed by atoms with E-state index in [1.54, 1.807) is 4.57 Å². The number of hydrogen-bond donors (Lipinski definition) is 0. The summed E-state index contributed by atoms with van der Waals surface area (Å²) in [7, 11) is 0. The highest BCUT2D eigenvalue weighted by Crippen LogP contribution is 2.33. The van der Waals surface area contributed by atoms with Crippen LogP contribution in [-0.2, 0) is 4.79 Å². The Morgan fingerprint density at radius 2 is 1.88 bits per heavy atom. The third kappa shape index (κ3) is 4.38. The molecule has 0 saturated heterocycles. The summed E-state index contributed by atoms with van der Waals surface area (Å²) in [4.78, 5) is 34.1. The molecule has 1 fully saturated rings. The smallest absolute Gasteiger partial charge is 0.266 e. The molecule has 1 atom stereocenters. The third-order valence-electron chi connectivity index (χ3n) is 6.44. The predicted molar refractivity (Wildman–Crippen MR) is 132 cm³/mol. The molecule has 5 nitrogen and oxygen atoms in total. The van der Waals surface area contributed by atoms with E-state index in [1.165, 1.54) is 0 Å². The van der Waals surface area contributed by atoms with Crippen LogP contribution in [0.4, 0.5) is 0 Å². The number of benzene rings is 2. The number of rotatable bonds is 8. The zero-order chi connectivity index (χ0) is 22.7. The van der Waals surface area contributed by atoms with E-state index in [2.05, 4.69) is 29.8 Å². The second-order valence-corrected chi connectivity index (χ2v) is 9.46. The molecule has 6 heteroatoms. The van der Waals surface area contributed by atoms with Gasteiger partial charge in [-0.3, -0.25) is 14.2 Å². The van der Waals surface area contributed by atoms with Crippen LogP contribution in [0.2, 0.25) is 0 Å². The fourth-order valence-corrected chi connectivity index (χ4v) is 4.66. The number of aromatic nitrogens is 2. The van der Waals surface area contributed by atoms with Crippen LogP contribution < -0.4 is 5.56 Å². The van der Waals surface area contributed by atoms with E-state index in [4.69, 9.17) is 4.98 Å². The van der Waals surface area contributed by atoms with Gasteiger partial charge >= 0.3 is 0 Å². The van der Waals surface area contributed by atoms with Crippen LogP contribution in [0.15, 0.2) is 57.8 Å². The maximum atomic E-state index is 13.7. The highest BCUT2D eigenvalue weighted by atomic mass is 79.9. The second-order valence-electron chi connectivity index (χ2n) is 8.54. The summed E-state index contributed by atoms with van der Waals surface area (Å²) in [6, 6.07) is 14.9. The van der Waals surface area contributed by atoms with Crippen molar-refractivity contribution in [1.82, 2.24) is 14.5 Å². The quantitative estimate of drug-likeness (QED) is 0.383. The average molecular weight is 496 g/mol. The molecule has 3 aromatic rings. The van der Waals surface area contributed by atoms with Gasteiger partial charge in [0, 0.05) is 16.9 Å². The Kier molecular flexibility index (Phi) is 7.09. The molecule has 0 radical (unpaired) electrons. The summed E-state index contributed by atoms with van der Waals surface area (Å²) in [5, 5.41) is 0.583. The normalized spacial score (nSPS) is 14.8. The fraction of sp³-hybridized carbons (Fsp3) is 0.423. The van der Waals surface area contributed by atoms with E-state index >= 15 is 0 Å². The third-order valence-corrected chi connectivity index (χ3v) is 6.97. The number of halogens is 1. The number of fused-ring (bicyclic) bond motifs is 1. The monoisotopic (exact) mass is 495 g/mol. The molecule has 1 aliphatic rings. The minimum Gasteiger partial charge on any atom is -0.332 e. The molecule has 1 amide bonds. The van der Waals surface area contributed by atoms with Gasteiger partial charge in [0.1, 0.15) is 5.82 Å². The van der Waals surface area contributed by atoms with E-state index in [0.29, 0.717) is 29.7 Å². The molecule has 1 aromatic heterocycles. The number of amides is 1. The van der Waals surface area contributed by atoms with Gasteiger partial charge in [0.2, 0.25) is 5.91 Å². The first-order valence-corrected chi connectivity index (χ1v) is 12.4. The van der Waals surface area contributed by atoms with Crippen LogP contribution in [0.3, 0.4) is 0 Å². The Morgan fingerprint density at radius 1 is 1.16 bits per heavy atom. The second kappa shape index (κ2) is 9.99. The van der Waals surface area contributed by atoms with Gasteiger partial charge in [-0.25, -0.2) is 4.98 Å². The number of carbonyl (C=O) groups excluding carboxylic acids is 1. The number of carbonyl (C=O) groups is 1. The molecule has 32 heavy (non-hydrogen) atoms. The predicted octanol–water partition coefficient (Wildman–Crippen LogP) is 6.03. The molecule has 0 N–H and O–H groups in total. The lowest BCUT2D eigenvalue weighted by molar-refractivity contribution is -0.141. The fourth-order valence-electron chi connectivity index (χ4n) is 4.39. The van der Waals surface area contributed by atoms with Crippen molar-refractivity contribution in [2.75, 3.05) is 6.54 Å². The van der Waals surface area contributed by atoms with Gasteiger partial charge in [-0.2, -0.15) is 0 Å². The molecule has 1 heterocycles. The summed E-state index contributed by atoms with van der Waals surface area (Å²) in [5.41, 5.74) is 1.33. The van der Waals surface area contributed by atoms with E-state index < -0.39 is 0 Å². The van der Waals surface area contributed by atoms with Crippen molar-refractivity contribution < 1.29 is 4.79 Å². The van der Waals surface area contributed by atoms with Gasteiger partial charge in [0.25, 0.3) is 5.56 Å². The van der Waals surface area contributed by atoms with E-state index in [0.717, 1.165) is 42.3 Å². The van der Waals surface area contributed by atoms with Crippen molar-refractivity contribution in [1.29, 1.82) is 0 Å². The average Bonchev–Trinajstić information content (AvgIpc) is 2.76. The Morgan fingerprint density at radius 3 is 2.50 bits per heavy atom. The first-order chi connectivity index (χ1) is 15.5. The molecular weight excluding hydrogens is 466 g/mol. The molecule has 0 spiro atoms. The van der Waals surface area contributed by atoms with Gasteiger partial charge in [0.05, 0.1) is 22.6 Å². The molecule has 0 bridgehead atoms. The summed E-state index contributed by atoms with van der Waals surface area (Å²) < 4.78 is 2.65. The Hall–Kier alpha value is -2.47. The molecule has 1 saturated carbocycles. The molecule has 0 aliphatic heterocycles. The topological polar surface area (TPSA) is 55.2 Å². The lowest BCUT2D eigenvalue weighted by Gasteiger charge is -2.37. The Labute approximate surface area is 197 Å². The summed E-state index contributed by atoms with van der Waals surface area (Å²) in [5.74, 6) is 0.956. The standard InChI is InChI=1S/C26H30BrN3O2/c1-3-5-17-29(25(31)18-9-8-10-18)23(4-2)24-28-22-12-7-6-11-21(22)26(32)30(24)20-15-13-19(27)14-16-20/h6-7,11-16,18,23H,3-5,8-10,17H2,1-2H3. The lowest BCUT2D eigenvalue weighted by Crippen LogP contribution is -2.43. The number of para-hydroxylation sites is 1. The first-order valence-electron chi connectivity index (χ1n) is 11.6. The summed E-state index contributed by atoms with van der Waals surface area (Å²) in [6.07, 6.45) is 5.68. The number of unbranched alkanes of at least 4 members (excludes halogenated alkanes) is 1. The van der Waals surface area contributed by atoms with Crippen LogP contribution in [0.1, 0.15) is 64.2 Å². The van der Waals surface area contributed by atoms with Gasteiger partial charge in [-0.15, -0.1) is 0 Å². The molecule has 1 aliphatic carbocycles. The van der Waals surface area contributed by atoms with Crippen LogP contribution in [0.5, 0.6) is 0 Å². The van der Waals surface area contributed by atoms with Crippen molar-refractivity contribution in [3.05, 3.63) is 69.2 Å². The Balaban J connectivity index is 1.91. The van der Waals surface area contributed by atoms with Crippen LogP contribution >= 0.6 is 15.9 Å². The van der Waals surface area contributed by atoms with Crippen molar-refractivity contribution in [3.8, 4) is 5.69 Å². The summed E-state index contributed by atoms with van der Waals surface area (Å²) >= 11 is 3.48. The van der Waals surface area contributed by atoms with Crippen molar-refractivity contribution in [2.24, 2.45) is 5.92 Å². The van der Waals surface area contributed by atoms with Gasteiger partial charge in [-0.05, 0) is 62.1 Å². The zero-order valence-corrected chi connectivity index (χ0v) is 20.3. The van der Waals surface area contributed by atoms with Crippen LogP contribution in [-0.4, -0.2) is 26.9 Å². The summed E-state index contributed by atoms with van der Waals surface area (Å²) in [6.45, 7) is 4.90. The molecular formula is C26H30BrN3O2. The maximum Gasteiger partial charge on any atom is 0.266 e. The molecule has 4 rings (SSSR count). The van der Waals surface area contributed by atoms with E-state index in [-0.39, 0.29) is 23.4 Å². The van der Waals surface area contributed by atoms with Crippen molar-refractivity contribution >= 4 is 32.7 Å². The largest absolute Gasteiger partial charge is 0.332 e. The first kappa shape index (κ1) is 22.7. The SMILES string of the molecule is CCCCN(C(=O)C1CCC1)C(CC)c1nc2ccccc2c(=O)n1-c1ccc(Br)cc1. The molecule has 2 aromatic carbocycles. The van der Waals surface area contributed by atoms with Crippen molar-refractivity contribution in [2.45, 2.75) is 58.4 Å². The highest BCUT2D eigenvalue weighted by Gasteiger charge is 2.35. The number of nitrogens with zero attached hydrogens (tertiary/aromatic N) is 3. The van der Waals surface area contributed by atoms with Crippen LogP contribution in [0, 0.1) is 5.92 Å². The highest BCUT2D eigenvalue weighted by molar-refractivity contribution is 9.10. The minimum absolute atomic E-state index is 0.0992. The van der Waals surface area contributed by atoms with E-state index in [1.807, 2.05) is 53.4 Å². The zero-order valence-electron chi connectivity index (χ0n) is 18.8. The minimum atomic E-state index is -0.254. The van der Waals surface area contributed by atoms with E-state index in [9.17, 15) is 9.59 Å². The molecule has 168 valence electrons. The Bertz CT molecular complexity index is 1150.